The van der Waals surface area contributed by atoms with Crippen LogP contribution in [0.4, 0.5) is 0 Å². The predicted molar refractivity (Wildman–Crippen MR) is 108 cm³/mol. The maximum atomic E-state index is 13.3. The summed E-state index contributed by atoms with van der Waals surface area (Å²) in [5, 5.41) is 0.639. The minimum atomic E-state index is -3.35. The van der Waals surface area contributed by atoms with E-state index in [4.69, 9.17) is 13.9 Å². The number of ether oxygens (including phenoxy) is 2. The summed E-state index contributed by atoms with van der Waals surface area (Å²) in [6.07, 6.45) is 1.15. The van der Waals surface area contributed by atoms with Crippen molar-refractivity contribution < 1.29 is 27.1 Å². The number of hydrogen-bond acceptors (Lipinski definition) is 6. The molecule has 0 unspecified atom stereocenters. The minimum Gasteiger partial charge on any atom is -0.454 e. The van der Waals surface area contributed by atoms with Gasteiger partial charge in [0.15, 0.2) is 27.1 Å². The Hall–Kier alpha value is -3.00. The van der Waals surface area contributed by atoms with Crippen LogP contribution in [0.1, 0.15) is 28.6 Å². The third kappa shape index (κ3) is 3.93. The molecule has 8 heteroatoms. The predicted octanol–water partition coefficient (Wildman–Crippen LogP) is 3.37. The summed E-state index contributed by atoms with van der Waals surface area (Å²) < 4.78 is 40.5. The minimum absolute atomic E-state index is 0.0687. The standard InChI is InChI=1S/C21H21NO6S/c1-3-22(11-14-8-9-18-19(10-14)27-13-26-18)21(23)20-16(12-29(2,24)25)15-6-4-5-7-17(15)28-20/h4-10H,3,11-13H2,1-2H3. The molecule has 0 bridgehead atoms. The van der Waals surface area contributed by atoms with E-state index in [2.05, 4.69) is 0 Å². The number of amides is 1. The monoisotopic (exact) mass is 415 g/mol. The maximum absolute atomic E-state index is 13.3. The summed E-state index contributed by atoms with van der Waals surface area (Å²) >= 11 is 0. The Bertz CT molecular complexity index is 1180. The Morgan fingerprint density at radius 3 is 2.62 bits per heavy atom. The van der Waals surface area contributed by atoms with Crippen molar-refractivity contribution in [1.29, 1.82) is 0 Å². The smallest absolute Gasteiger partial charge is 0.290 e. The van der Waals surface area contributed by atoms with Crippen LogP contribution in [0.2, 0.25) is 0 Å². The lowest BCUT2D eigenvalue weighted by Gasteiger charge is -2.20. The van der Waals surface area contributed by atoms with Crippen LogP contribution in [0.3, 0.4) is 0 Å². The normalized spacial score (nSPS) is 13.0. The van der Waals surface area contributed by atoms with E-state index in [1.54, 1.807) is 29.2 Å². The van der Waals surface area contributed by atoms with Gasteiger partial charge in [-0.3, -0.25) is 4.79 Å². The van der Waals surface area contributed by atoms with Crippen molar-refractivity contribution in [3.05, 3.63) is 59.4 Å². The Balaban J connectivity index is 1.68. The van der Waals surface area contributed by atoms with Crippen LogP contribution in [0, 0.1) is 0 Å². The van der Waals surface area contributed by atoms with Crippen LogP contribution < -0.4 is 9.47 Å². The van der Waals surface area contributed by atoms with Gasteiger partial charge in [0.05, 0.1) is 5.75 Å². The van der Waals surface area contributed by atoms with Crippen LogP contribution in [0.25, 0.3) is 11.0 Å². The fourth-order valence-electron chi connectivity index (χ4n) is 3.41. The number of carbonyl (C=O) groups is 1. The van der Waals surface area contributed by atoms with Crippen molar-refractivity contribution in [2.45, 2.75) is 19.2 Å². The molecule has 0 radical (unpaired) electrons. The third-order valence-corrected chi connectivity index (χ3v) is 5.59. The number of para-hydroxylation sites is 1. The van der Waals surface area contributed by atoms with Crippen LogP contribution in [-0.2, 0) is 22.1 Å². The van der Waals surface area contributed by atoms with Crippen molar-refractivity contribution in [2.75, 3.05) is 19.6 Å². The molecule has 2 aromatic carbocycles. The van der Waals surface area contributed by atoms with E-state index in [-0.39, 0.29) is 24.2 Å². The Kier molecular flexibility index (Phi) is 4.96. The van der Waals surface area contributed by atoms with E-state index in [0.29, 0.717) is 41.1 Å². The number of rotatable bonds is 6. The van der Waals surface area contributed by atoms with Crippen LogP contribution >= 0.6 is 0 Å². The summed E-state index contributed by atoms with van der Waals surface area (Å²) in [5.74, 6) is 0.787. The van der Waals surface area contributed by atoms with Gasteiger partial charge >= 0.3 is 0 Å². The zero-order valence-electron chi connectivity index (χ0n) is 16.2. The van der Waals surface area contributed by atoms with Gasteiger partial charge in [-0.2, -0.15) is 0 Å². The lowest BCUT2D eigenvalue weighted by Crippen LogP contribution is -2.30. The molecule has 0 saturated heterocycles. The highest BCUT2D eigenvalue weighted by Crippen LogP contribution is 2.33. The molecule has 29 heavy (non-hydrogen) atoms. The van der Waals surface area contributed by atoms with Crippen molar-refractivity contribution >= 4 is 26.7 Å². The second kappa shape index (κ2) is 7.44. The van der Waals surface area contributed by atoms with Gasteiger partial charge in [0.25, 0.3) is 5.91 Å². The Labute approximate surface area is 168 Å². The molecule has 1 amide bonds. The average Bonchev–Trinajstić information content (AvgIpc) is 3.29. The average molecular weight is 415 g/mol. The quantitative estimate of drug-likeness (QED) is 0.614. The number of sulfone groups is 1. The highest BCUT2D eigenvalue weighted by atomic mass is 32.2. The van der Waals surface area contributed by atoms with Gasteiger partial charge in [0.1, 0.15) is 5.58 Å². The van der Waals surface area contributed by atoms with Gasteiger partial charge < -0.3 is 18.8 Å². The molecule has 0 saturated carbocycles. The first-order valence-electron chi connectivity index (χ1n) is 9.21. The molecule has 0 aliphatic carbocycles. The van der Waals surface area contributed by atoms with Crippen molar-refractivity contribution in [2.24, 2.45) is 0 Å². The first kappa shape index (κ1) is 19.3. The maximum Gasteiger partial charge on any atom is 0.290 e. The molecule has 2 heterocycles. The Morgan fingerprint density at radius 1 is 1.10 bits per heavy atom. The summed E-state index contributed by atoms with van der Waals surface area (Å²) in [6.45, 7) is 2.82. The van der Waals surface area contributed by atoms with Crippen LogP contribution in [0.5, 0.6) is 11.5 Å². The number of hydrogen-bond donors (Lipinski definition) is 0. The van der Waals surface area contributed by atoms with Gasteiger partial charge in [-0.15, -0.1) is 0 Å². The molecule has 0 fully saturated rings. The zero-order chi connectivity index (χ0) is 20.6. The molecule has 1 aliphatic heterocycles. The molecule has 1 aromatic heterocycles. The third-order valence-electron chi connectivity index (χ3n) is 4.78. The summed E-state index contributed by atoms with van der Waals surface area (Å²) in [4.78, 5) is 14.9. The second-order valence-corrected chi connectivity index (χ2v) is 9.12. The number of carbonyl (C=O) groups excluding carboxylic acids is 1. The molecule has 7 nitrogen and oxygen atoms in total. The fourth-order valence-corrected chi connectivity index (χ4v) is 4.22. The van der Waals surface area contributed by atoms with Crippen molar-refractivity contribution in [1.82, 2.24) is 4.90 Å². The van der Waals surface area contributed by atoms with E-state index in [1.165, 1.54) is 0 Å². The van der Waals surface area contributed by atoms with E-state index in [1.807, 2.05) is 25.1 Å². The topological polar surface area (TPSA) is 86.1 Å². The van der Waals surface area contributed by atoms with Gasteiger partial charge in [-0.25, -0.2) is 8.42 Å². The summed E-state index contributed by atoms with van der Waals surface area (Å²) in [6, 6.07) is 12.6. The number of benzene rings is 2. The van der Waals surface area contributed by atoms with E-state index in [9.17, 15) is 13.2 Å². The highest BCUT2D eigenvalue weighted by Gasteiger charge is 2.27. The van der Waals surface area contributed by atoms with Crippen LogP contribution in [0.15, 0.2) is 46.9 Å². The largest absolute Gasteiger partial charge is 0.454 e. The van der Waals surface area contributed by atoms with Crippen molar-refractivity contribution in [3.63, 3.8) is 0 Å². The van der Waals surface area contributed by atoms with E-state index in [0.717, 1.165) is 11.8 Å². The number of fused-ring (bicyclic) bond motifs is 2. The van der Waals surface area contributed by atoms with Gasteiger partial charge in [-0.1, -0.05) is 24.3 Å². The molecule has 0 atom stereocenters. The molecule has 1 aliphatic rings. The SMILES string of the molecule is CCN(Cc1ccc2c(c1)OCO2)C(=O)c1oc2ccccc2c1CS(C)(=O)=O. The Morgan fingerprint density at radius 2 is 1.86 bits per heavy atom. The van der Waals surface area contributed by atoms with Crippen molar-refractivity contribution in [3.8, 4) is 11.5 Å². The molecule has 3 aromatic rings. The number of furan rings is 1. The van der Waals surface area contributed by atoms with E-state index < -0.39 is 9.84 Å². The molecule has 0 spiro atoms. The molecule has 0 N–H and O–H groups in total. The first-order chi connectivity index (χ1) is 13.9. The fraction of sp³-hybridized carbons (Fsp3) is 0.286. The molecular weight excluding hydrogens is 394 g/mol. The highest BCUT2D eigenvalue weighted by molar-refractivity contribution is 7.89. The lowest BCUT2D eigenvalue weighted by atomic mass is 10.1. The lowest BCUT2D eigenvalue weighted by molar-refractivity contribution is 0.0721. The van der Waals surface area contributed by atoms with E-state index >= 15 is 0 Å². The van der Waals surface area contributed by atoms with Gasteiger partial charge in [0, 0.05) is 30.3 Å². The number of nitrogens with zero attached hydrogens (tertiary/aromatic N) is 1. The van der Waals surface area contributed by atoms with Gasteiger partial charge in [0.2, 0.25) is 6.79 Å². The summed E-state index contributed by atoms with van der Waals surface area (Å²) in [5.41, 5.74) is 1.77. The zero-order valence-corrected chi connectivity index (χ0v) is 17.0. The van der Waals surface area contributed by atoms with Crippen LogP contribution in [-0.4, -0.2) is 38.8 Å². The molecular formula is C21H21NO6S. The second-order valence-electron chi connectivity index (χ2n) is 6.98. The molecule has 4 rings (SSSR count). The van der Waals surface area contributed by atoms with Gasteiger partial charge in [-0.05, 0) is 30.7 Å². The molecule has 152 valence electrons. The first-order valence-corrected chi connectivity index (χ1v) is 11.3. The summed E-state index contributed by atoms with van der Waals surface area (Å²) in [7, 11) is -3.35.